The molecule has 0 aliphatic heterocycles. The molecule has 2 aromatic carbocycles. The number of allylic oxidation sites excluding steroid dienone is 2. The molecule has 0 fully saturated rings. The predicted octanol–water partition coefficient (Wildman–Crippen LogP) is 6.36. The molecule has 21 heavy (non-hydrogen) atoms. The number of benzene rings is 2. The summed E-state index contributed by atoms with van der Waals surface area (Å²) in [6.07, 6.45) is 15.2. The zero-order valence-corrected chi connectivity index (χ0v) is 12.6. The zero-order valence-electron chi connectivity index (χ0n) is 12.6. The van der Waals surface area contributed by atoms with Gasteiger partial charge in [-0.25, -0.2) is 0 Å². The van der Waals surface area contributed by atoms with E-state index in [1.165, 1.54) is 43.2 Å². The Balaban J connectivity index is 1.52. The van der Waals surface area contributed by atoms with Crippen LogP contribution in [0.15, 0.2) is 72.8 Å². The maximum Gasteiger partial charge on any atom is -0.0260 e. The first-order chi connectivity index (χ1) is 10.4. The van der Waals surface area contributed by atoms with Gasteiger partial charge in [0.1, 0.15) is 0 Å². The van der Waals surface area contributed by atoms with E-state index in [-0.39, 0.29) is 0 Å². The molecular formula is C21H24. The number of hydrogen-bond acceptors (Lipinski definition) is 0. The lowest BCUT2D eigenvalue weighted by atomic mass is 10.1. The van der Waals surface area contributed by atoms with E-state index >= 15 is 0 Å². The van der Waals surface area contributed by atoms with Gasteiger partial charge < -0.3 is 0 Å². The highest BCUT2D eigenvalue weighted by Gasteiger charge is 1.88. The van der Waals surface area contributed by atoms with E-state index < -0.39 is 0 Å². The van der Waals surface area contributed by atoms with Crippen LogP contribution < -0.4 is 0 Å². The summed E-state index contributed by atoms with van der Waals surface area (Å²) in [6.45, 7) is 0. The minimum Gasteiger partial charge on any atom is -0.0839 e. The van der Waals surface area contributed by atoms with Gasteiger partial charge in [-0.15, -0.1) is 0 Å². The molecule has 0 saturated carbocycles. The van der Waals surface area contributed by atoms with Crippen LogP contribution in [0.25, 0.3) is 12.2 Å². The number of rotatable bonds is 8. The molecule has 0 amide bonds. The summed E-state index contributed by atoms with van der Waals surface area (Å²) in [4.78, 5) is 0. The molecule has 0 aliphatic rings. The lowest BCUT2D eigenvalue weighted by Gasteiger charge is -1.96. The van der Waals surface area contributed by atoms with E-state index in [1.54, 1.807) is 0 Å². The summed E-state index contributed by atoms with van der Waals surface area (Å²) in [5.74, 6) is 0. The molecule has 0 heteroatoms. The van der Waals surface area contributed by atoms with Crippen LogP contribution in [0.4, 0.5) is 0 Å². The van der Waals surface area contributed by atoms with Gasteiger partial charge in [-0.2, -0.15) is 0 Å². The molecule has 0 aliphatic carbocycles. The van der Waals surface area contributed by atoms with Crippen molar-refractivity contribution in [1.82, 2.24) is 0 Å². The normalized spacial score (nSPS) is 11.4. The standard InChI is InChI=1S/C21H24/c1(2-4-8-14-20-16-10-6-11-17-20)3-5-9-15-21-18-12-7-13-19-21/h6-19H,1-5H2. The van der Waals surface area contributed by atoms with Crippen molar-refractivity contribution in [3.8, 4) is 0 Å². The number of hydrogen-bond donors (Lipinski definition) is 0. The van der Waals surface area contributed by atoms with Crippen molar-refractivity contribution in [2.24, 2.45) is 0 Å². The highest BCUT2D eigenvalue weighted by molar-refractivity contribution is 5.49. The average molecular weight is 276 g/mol. The molecule has 0 aromatic heterocycles. The van der Waals surface area contributed by atoms with Crippen LogP contribution >= 0.6 is 0 Å². The molecule has 0 saturated heterocycles. The fraction of sp³-hybridized carbons (Fsp3) is 0.238. The van der Waals surface area contributed by atoms with Crippen LogP contribution in [0.2, 0.25) is 0 Å². The monoisotopic (exact) mass is 276 g/mol. The molecule has 0 nitrogen and oxygen atoms in total. The van der Waals surface area contributed by atoms with Gasteiger partial charge in [0, 0.05) is 0 Å². The van der Waals surface area contributed by atoms with Crippen LogP contribution in [0.1, 0.15) is 43.2 Å². The third kappa shape index (κ3) is 6.76. The quantitative estimate of drug-likeness (QED) is 0.492. The van der Waals surface area contributed by atoms with Gasteiger partial charge in [0.15, 0.2) is 0 Å². The van der Waals surface area contributed by atoms with Crippen molar-refractivity contribution in [3.63, 3.8) is 0 Å². The molecular weight excluding hydrogens is 252 g/mol. The Bertz CT molecular complexity index is 483. The SMILES string of the molecule is C(=Cc1ccccc1)CCCCCC=Cc1ccccc1. The van der Waals surface area contributed by atoms with Crippen molar-refractivity contribution in [1.29, 1.82) is 0 Å². The summed E-state index contributed by atoms with van der Waals surface area (Å²) < 4.78 is 0. The first-order valence-corrected chi connectivity index (χ1v) is 7.88. The molecule has 108 valence electrons. The molecule has 0 atom stereocenters. The van der Waals surface area contributed by atoms with E-state index in [1.807, 2.05) is 0 Å². The molecule has 2 aromatic rings. The Kier molecular flexibility index (Phi) is 7.12. The summed E-state index contributed by atoms with van der Waals surface area (Å²) in [5, 5.41) is 0. The molecule has 0 unspecified atom stereocenters. The van der Waals surface area contributed by atoms with E-state index in [0.29, 0.717) is 0 Å². The number of unbranched alkanes of at least 4 members (excludes halogenated alkanes) is 4. The second-order valence-corrected chi connectivity index (χ2v) is 5.26. The molecule has 0 radical (unpaired) electrons. The molecule has 0 bridgehead atoms. The van der Waals surface area contributed by atoms with E-state index in [2.05, 4.69) is 85.0 Å². The summed E-state index contributed by atoms with van der Waals surface area (Å²) in [5.41, 5.74) is 2.59. The fourth-order valence-electron chi connectivity index (χ4n) is 2.27. The third-order valence-electron chi connectivity index (χ3n) is 3.46. The van der Waals surface area contributed by atoms with Crippen molar-refractivity contribution < 1.29 is 0 Å². The van der Waals surface area contributed by atoms with Gasteiger partial charge in [0.25, 0.3) is 0 Å². The van der Waals surface area contributed by atoms with Crippen LogP contribution in [0.3, 0.4) is 0 Å². The van der Waals surface area contributed by atoms with E-state index in [0.717, 1.165) is 0 Å². The maximum atomic E-state index is 2.29. The lowest BCUT2D eigenvalue weighted by Crippen LogP contribution is -1.76. The first kappa shape index (κ1) is 15.3. The second-order valence-electron chi connectivity index (χ2n) is 5.26. The smallest absolute Gasteiger partial charge is 0.0260 e. The highest BCUT2D eigenvalue weighted by atomic mass is 13.9. The molecule has 0 heterocycles. The third-order valence-corrected chi connectivity index (χ3v) is 3.46. The van der Waals surface area contributed by atoms with Gasteiger partial charge in [-0.05, 0) is 36.8 Å². The average Bonchev–Trinajstić information content (AvgIpc) is 2.55. The van der Waals surface area contributed by atoms with Crippen molar-refractivity contribution in [2.45, 2.75) is 32.1 Å². The van der Waals surface area contributed by atoms with Crippen LogP contribution in [0, 0.1) is 0 Å². The lowest BCUT2D eigenvalue weighted by molar-refractivity contribution is 0.697. The largest absolute Gasteiger partial charge is 0.0839 e. The summed E-state index contributed by atoms with van der Waals surface area (Å²) >= 11 is 0. The zero-order chi connectivity index (χ0) is 14.6. The van der Waals surface area contributed by atoms with Gasteiger partial charge in [0.2, 0.25) is 0 Å². The van der Waals surface area contributed by atoms with Crippen molar-refractivity contribution >= 4 is 12.2 Å². The highest BCUT2D eigenvalue weighted by Crippen LogP contribution is 2.08. The Labute approximate surface area is 128 Å². The topological polar surface area (TPSA) is 0 Å². The first-order valence-electron chi connectivity index (χ1n) is 7.88. The Hall–Kier alpha value is -2.08. The van der Waals surface area contributed by atoms with Gasteiger partial charge in [0.05, 0.1) is 0 Å². The minimum absolute atomic E-state index is 1.18. The second kappa shape index (κ2) is 9.77. The van der Waals surface area contributed by atoms with Crippen LogP contribution in [0.5, 0.6) is 0 Å². The van der Waals surface area contributed by atoms with Crippen LogP contribution in [-0.2, 0) is 0 Å². The summed E-state index contributed by atoms with van der Waals surface area (Å²) in [7, 11) is 0. The van der Waals surface area contributed by atoms with Crippen molar-refractivity contribution in [2.75, 3.05) is 0 Å². The molecule has 0 N–H and O–H groups in total. The predicted molar refractivity (Wildman–Crippen MR) is 94.0 cm³/mol. The Morgan fingerprint density at radius 2 is 0.952 bits per heavy atom. The maximum absolute atomic E-state index is 2.29. The van der Waals surface area contributed by atoms with Crippen LogP contribution in [-0.4, -0.2) is 0 Å². The van der Waals surface area contributed by atoms with Gasteiger partial charge in [-0.3, -0.25) is 0 Å². The van der Waals surface area contributed by atoms with Gasteiger partial charge >= 0.3 is 0 Å². The molecule has 2 rings (SSSR count). The van der Waals surface area contributed by atoms with Gasteiger partial charge in [-0.1, -0.05) is 91.4 Å². The van der Waals surface area contributed by atoms with E-state index in [4.69, 9.17) is 0 Å². The fourth-order valence-corrected chi connectivity index (χ4v) is 2.27. The van der Waals surface area contributed by atoms with Crippen molar-refractivity contribution in [3.05, 3.63) is 83.9 Å². The summed E-state index contributed by atoms with van der Waals surface area (Å²) in [6, 6.07) is 21.0. The minimum atomic E-state index is 1.18. The van der Waals surface area contributed by atoms with E-state index in [9.17, 15) is 0 Å². The Morgan fingerprint density at radius 3 is 1.38 bits per heavy atom. The Morgan fingerprint density at radius 1 is 0.524 bits per heavy atom. The molecule has 0 spiro atoms.